The van der Waals surface area contributed by atoms with Crippen LogP contribution in [0.5, 0.6) is 0 Å². The van der Waals surface area contributed by atoms with Crippen molar-refractivity contribution in [2.75, 3.05) is 4.90 Å². The lowest BCUT2D eigenvalue weighted by Crippen LogP contribution is -2.29. The molecule has 3 heteroatoms. The molecule has 11 aromatic carbocycles. The fourth-order valence-electron chi connectivity index (χ4n) is 11.3. The van der Waals surface area contributed by atoms with Crippen LogP contribution in [0, 0.1) is 0 Å². The topological polar surface area (TPSA) is 16.4 Å². The van der Waals surface area contributed by atoms with Crippen molar-refractivity contribution < 1.29 is 4.42 Å². The predicted molar refractivity (Wildman–Crippen MR) is 280 cm³/mol. The number of fused-ring (bicyclic) bond motifs is 14. The molecule has 0 amide bonds. The Balaban J connectivity index is 0.841. The molecule has 67 heavy (non-hydrogen) atoms. The highest BCUT2D eigenvalue weighted by atomic mass is 16.3. The second-order valence-electron chi connectivity index (χ2n) is 17.7. The quantitative estimate of drug-likeness (QED) is 0.155. The molecule has 1 spiro atoms. The van der Waals surface area contributed by atoms with Gasteiger partial charge in [0.25, 0.3) is 0 Å². The highest BCUT2D eigenvalue weighted by Gasteiger charge is 2.55. The molecule has 0 N–H and O–H groups in total. The molecule has 3 nitrogen and oxygen atoms in total. The van der Waals surface area contributed by atoms with E-state index in [1.807, 2.05) is 12.1 Å². The summed E-state index contributed by atoms with van der Waals surface area (Å²) in [6, 6.07) is 90.8. The molecular weight excluding hydrogens is 813 g/mol. The van der Waals surface area contributed by atoms with Crippen LogP contribution in [-0.2, 0) is 0 Å². The van der Waals surface area contributed by atoms with E-state index >= 15 is 0 Å². The number of hydrogen-bond acceptors (Lipinski definition) is 2. The summed E-state index contributed by atoms with van der Waals surface area (Å²) in [7, 11) is 0. The van der Waals surface area contributed by atoms with Gasteiger partial charge in [0.15, 0.2) is 22.7 Å². The van der Waals surface area contributed by atoms with Crippen molar-refractivity contribution in [2.24, 2.45) is 0 Å². The van der Waals surface area contributed by atoms with E-state index < -0.39 is 0 Å². The Labute approximate surface area is 388 Å². The lowest BCUT2D eigenvalue weighted by atomic mass is 9.95. The summed E-state index contributed by atoms with van der Waals surface area (Å²) in [6.45, 7) is 0. The summed E-state index contributed by atoms with van der Waals surface area (Å²) in [5, 5.41) is 4.67. The van der Waals surface area contributed by atoms with Crippen molar-refractivity contribution in [3.63, 3.8) is 0 Å². The second kappa shape index (κ2) is 14.6. The fourth-order valence-corrected chi connectivity index (χ4v) is 11.3. The SMILES string of the molecule is c1ccc2c(c1)-c1ccccc1[N+]21c2ccccc2-c2cccc(-c3ccc(-c4ccc(N(c5ccc(-c6cccc7c6oc6ccccc67)cc5)c5cccc6ccccc56)cc4)cc3)c21. The monoisotopic (exact) mass is 853 g/mol. The average molecular weight is 854 g/mol. The van der Waals surface area contributed by atoms with Gasteiger partial charge in [0.1, 0.15) is 11.2 Å². The molecule has 0 saturated heterocycles. The van der Waals surface area contributed by atoms with Gasteiger partial charge in [0.05, 0.1) is 27.9 Å². The van der Waals surface area contributed by atoms with E-state index in [0.717, 1.165) is 50.1 Å². The maximum atomic E-state index is 6.44. The minimum Gasteiger partial charge on any atom is -0.455 e. The molecule has 3 heterocycles. The van der Waals surface area contributed by atoms with E-state index in [2.05, 4.69) is 241 Å². The highest BCUT2D eigenvalue weighted by Crippen LogP contribution is 2.70. The van der Waals surface area contributed by atoms with Crippen LogP contribution < -0.4 is 9.38 Å². The maximum Gasteiger partial charge on any atom is 0.164 e. The molecule has 0 radical (unpaired) electrons. The van der Waals surface area contributed by atoms with E-state index in [1.165, 1.54) is 78.0 Å². The van der Waals surface area contributed by atoms with Crippen LogP contribution in [0.25, 0.3) is 88.3 Å². The molecule has 2 aliphatic rings. The number of benzene rings is 11. The number of hydrogen-bond donors (Lipinski definition) is 0. The second-order valence-corrected chi connectivity index (χ2v) is 17.7. The molecule has 14 rings (SSSR count). The fraction of sp³-hybridized carbons (Fsp3) is 0. The zero-order chi connectivity index (χ0) is 44.1. The van der Waals surface area contributed by atoms with Crippen molar-refractivity contribution in [1.29, 1.82) is 0 Å². The van der Waals surface area contributed by atoms with Crippen LogP contribution in [0.4, 0.5) is 39.8 Å². The summed E-state index contributed by atoms with van der Waals surface area (Å²) in [4.78, 5) is 2.38. The van der Waals surface area contributed by atoms with Gasteiger partial charge in [-0.05, 0) is 94.4 Å². The first-order valence-electron chi connectivity index (χ1n) is 23.1. The number of quaternary nitrogens is 1. The molecule has 0 aliphatic carbocycles. The molecule has 312 valence electrons. The van der Waals surface area contributed by atoms with Crippen molar-refractivity contribution in [3.8, 4) is 55.6 Å². The largest absolute Gasteiger partial charge is 0.455 e. The Morgan fingerprint density at radius 3 is 1.42 bits per heavy atom. The summed E-state index contributed by atoms with van der Waals surface area (Å²) in [5.41, 5.74) is 22.5. The molecule has 0 bridgehead atoms. The minimum absolute atomic E-state index is 0.588. The number of para-hydroxylation sites is 6. The lowest BCUT2D eigenvalue weighted by Gasteiger charge is -2.32. The van der Waals surface area contributed by atoms with Crippen LogP contribution in [0.3, 0.4) is 0 Å². The van der Waals surface area contributed by atoms with Crippen molar-refractivity contribution in [1.82, 2.24) is 4.48 Å². The van der Waals surface area contributed by atoms with Gasteiger partial charge in [-0.25, -0.2) is 0 Å². The van der Waals surface area contributed by atoms with E-state index in [1.54, 1.807) is 0 Å². The minimum atomic E-state index is 0.588. The first-order valence-corrected chi connectivity index (χ1v) is 23.1. The van der Waals surface area contributed by atoms with Gasteiger partial charge in [0.2, 0.25) is 0 Å². The molecule has 0 fully saturated rings. The smallest absolute Gasteiger partial charge is 0.164 e. The average Bonchev–Trinajstić information content (AvgIpc) is 4.04. The molecule has 2 aliphatic heterocycles. The van der Waals surface area contributed by atoms with Gasteiger partial charge >= 0.3 is 0 Å². The molecular formula is C64H41N2O+. The third kappa shape index (κ3) is 5.50. The normalized spacial score (nSPS) is 12.9. The highest BCUT2D eigenvalue weighted by molar-refractivity contribution is 6.14. The molecule has 0 saturated carbocycles. The molecule has 1 aromatic heterocycles. The van der Waals surface area contributed by atoms with Gasteiger partial charge in [-0.3, -0.25) is 0 Å². The van der Waals surface area contributed by atoms with Gasteiger partial charge in [0, 0.05) is 56.9 Å². The van der Waals surface area contributed by atoms with Crippen LogP contribution >= 0.6 is 0 Å². The maximum absolute atomic E-state index is 6.44. The Bertz CT molecular complexity index is 3850. The van der Waals surface area contributed by atoms with Crippen LogP contribution in [0.2, 0.25) is 0 Å². The van der Waals surface area contributed by atoms with Crippen molar-refractivity contribution >= 4 is 72.5 Å². The lowest BCUT2D eigenvalue weighted by molar-refractivity contribution is 0.670. The first-order chi connectivity index (χ1) is 33.2. The van der Waals surface area contributed by atoms with E-state index in [0.29, 0.717) is 4.48 Å². The van der Waals surface area contributed by atoms with Crippen molar-refractivity contribution in [2.45, 2.75) is 0 Å². The summed E-state index contributed by atoms with van der Waals surface area (Å²) in [5.74, 6) is 0. The zero-order valence-electron chi connectivity index (χ0n) is 36.5. The standard InChI is InChI=1S/C64H41N2O/c1-2-16-49-44(14-1)15-11-25-58(49)65(48-40-36-46(37-41-48)51-22-13-24-57-55-20-6-10-29-62(55)67-64(51)57)47-38-34-43(35-39-47)42-30-32-45(33-31-42)50-21-12-23-56-54-19-5-9-28-61(54)66(63(50)56)59-26-7-3-17-52(59)53-18-4-8-27-60(53)66/h1-41H/q+1. The number of nitrogens with zero attached hydrogens (tertiary/aromatic N) is 2. The Hall–Kier alpha value is -8.76. The summed E-state index contributed by atoms with van der Waals surface area (Å²) in [6.07, 6.45) is 0. The van der Waals surface area contributed by atoms with Gasteiger partial charge in [-0.1, -0.05) is 164 Å². The van der Waals surface area contributed by atoms with Gasteiger partial charge < -0.3 is 9.32 Å². The molecule has 0 unspecified atom stereocenters. The molecule has 12 aromatic rings. The third-order valence-corrected chi connectivity index (χ3v) is 14.3. The Kier molecular flexibility index (Phi) is 8.21. The number of anilines is 3. The first kappa shape index (κ1) is 37.6. The van der Waals surface area contributed by atoms with Crippen LogP contribution in [-0.4, -0.2) is 0 Å². The summed E-state index contributed by atoms with van der Waals surface area (Å²) < 4.78 is 7.03. The van der Waals surface area contributed by atoms with E-state index in [9.17, 15) is 0 Å². The Morgan fingerprint density at radius 1 is 0.299 bits per heavy atom. The summed E-state index contributed by atoms with van der Waals surface area (Å²) >= 11 is 0. The van der Waals surface area contributed by atoms with Crippen LogP contribution in [0.1, 0.15) is 0 Å². The number of furan rings is 1. The third-order valence-electron chi connectivity index (χ3n) is 14.3. The van der Waals surface area contributed by atoms with Gasteiger partial charge in [-0.2, -0.15) is 4.48 Å². The van der Waals surface area contributed by atoms with Gasteiger partial charge in [-0.15, -0.1) is 0 Å². The van der Waals surface area contributed by atoms with E-state index in [4.69, 9.17) is 4.42 Å². The van der Waals surface area contributed by atoms with Crippen LogP contribution in [0.15, 0.2) is 253 Å². The Morgan fingerprint density at radius 2 is 0.731 bits per heavy atom. The van der Waals surface area contributed by atoms with E-state index in [-0.39, 0.29) is 0 Å². The predicted octanol–water partition coefficient (Wildman–Crippen LogP) is 18.5. The zero-order valence-corrected chi connectivity index (χ0v) is 36.5. The number of rotatable bonds is 6. The molecule has 0 atom stereocenters. The van der Waals surface area contributed by atoms with Crippen molar-refractivity contribution in [3.05, 3.63) is 249 Å².